The lowest BCUT2D eigenvalue weighted by molar-refractivity contribution is -0.0328. The zero-order chi connectivity index (χ0) is 15.7. The first-order valence-electron chi connectivity index (χ1n) is 5.52. The summed E-state index contributed by atoms with van der Waals surface area (Å²) in [6.07, 6.45) is 0.612. The normalized spacial score (nSPS) is 12.8. The second kappa shape index (κ2) is 6.13. The lowest BCUT2D eigenvalue weighted by Crippen LogP contribution is -2.07. The van der Waals surface area contributed by atoms with E-state index in [0.717, 1.165) is 17.4 Å². The summed E-state index contributed by atoms with van der Waals surface area (Å²) in [5, 5.41) is -3.03. The Morgan fingerprint density at radius 3 is 2.52 bits per heavy atom. The van der Waals surface area contributed by atoms with E-state index in [0.29, 0.717) is 4.70 Å². The van der Waals surface area contributed by atoms with Crippen molar-refractivity contribution >= 4 is 45.1 Å². The van der Waals surface area contributed by atoms with Gasteiger partial charge in [-0.05, 0) is 41.7 Å². The Labute approximate surface area is 129 Å². The van der Waals surface area contributed by atoms with Gasteiger partial charge in [-0.15, -0.1) is 17.9 Å². The Balaban J connectivity index is 2.24. The van der Waals surface area contributed by atoms with Gasteiger partial charge in [0.1, 0.15) is 0 Å². The Hall–Kier alpha value is -0.800. The smallest absolute Gasteiger partial charge is 0.229 e. The van der Waals surface area contributed by atoms with Crippen LogP contribution in [0.25, 0.3) is 10.2 Å². The van der Waals surface area contributed by atoms with Crippen LogP contribution in [0.1, 0.15) is 6.42 Å². The molecule has 2 aromatic rings. The molecule has 0 radical (unpaired) electrons. The zero-order valence-electron chi connectivity index (χ0n) is 10.3. The van der Waals surface area contributed by atoms with Crippen LogP contribution in [0.2, 0.25) is 0 Å². The van der Waals surface area contributed by atoms with Gasteiger partial charge in [0.2, 0.25) is 0 Å². The fourth-order valence-electron chi connectivity index (χ4n) is 1.46. The standard InChI is InChI=1S/C12H8F5NS3/c1-2-5-11(13,14)21-10-18-8-6-7(20-12(15,16)17)3-4-9(8)19-10/h2-4,6H,1,5H2. The lowest BCUT2D eigenvalue weighted by Gasteiger charge is -2.10. The molecule has 1 heterocycles. The van der Waals surface area contributed by atoms with E-state index in [1.54, 1.807) is 0 Å². The number of nitrogens with zero attached hydrogens (tertiary/aromatic N) is 1. The van der Waals surface area contributed by atoms with Crippen molar-refractivity contribution in [2.45, 2.75) is 26.4 Å². The number of thioether (sulfide) groups is 2. The summed E-state index contributed by atoms with van der Waals surface area (Å²) in [4.78, 5) is 3.94. The van der Waals surface area contributed by atoms with E-state index in [4.69, 9.17) is 0 Å². The Kier molecular flexibility index (Phi) is 4.84. The molecule has 1 aromatic heterocycles. The number of fused-ring (bicyclic) bond motifs is 1. The van der Waals surface area contributed by atoms with E-state index in [1.807, 2.05) is 0 Å². The maximum Gasteiger partial charge on any atom is 0.446 e. The third-order valence-corrected chi connectivity index (χ3v) is 4.97. The van der Waals surface area contributed by atoms with Crippen molar-refractivity contribution in [3.05, 3.63) is 30.9 Å². The first-order chi connectivity index (χ1) is 9.68. The SMILES string of the molecule is C=CCC(F)(F)Sc1nc2cc(SC(F)(F)F)ccc2s1. The van der Waals surface area contributed by atoms with Crippen LogP contribution < -0.4 is 0 Å². The van der Waals surface area contributed by atoms with Gasteiger partial charge in [-0.3, -0.25) is 0 Å². The highest BCUT2D eigenvalue weighted by molar-refractivity contribution is 8.02. The number of halogens is 5. The van der Waals surface area contributed by atoms with Crippen LogP contribution in [-0.4, -0.2) is 15.7 Å². The predicted octanol–water partition coefficient (Wildman–Crippen LogP) is 6.17. The monoisotopic (exact) mass is 357 g/mol. The molecule has 0 aliphatic carbocycles. The number of rotatable bonds is 5. The average Bonchev–Trinajstić information content (AvgIpc) is 2.66. The van der Waals surface area contributed by atoms with E-state index in [-0.39, 0.29) is 38.3 Å². The second-order valence-corrected chi connectivity index (χ2v) is 7.50. The molecule has 0 fully saturated rings. The van der Waals surface area contributed by atoms with E-state index in [9.17, 15) is 22.0 Å². The second-order valence-electron chi connectivity index (χ2n) is 3.89. The van der Waals surface area contributed by atoms with Gasteiger partial charge in [0.25, 0.3) is 0 Å². The molecule has 0 N–H and O–H groups in total. The number of aromatic nitrogens is 1. The molecule has 0 atom stereocenters. The van der Waals surface area contributed by atoms with Crippen molar-refractivity contribution in [3.8, 4) is 0 Å². The largest absolute Gasteiger partial charge is 0.446 e. The van der Waals surface area contributed by atoms with Crippen LogP contribution in [0.15, 0.2) is 40.1 Å². The van der Waals surface area contributed by atoms with Crippen molar-refractivity contribution in [2.75, 3.05) is 0 Å². The molecule has 114 valence electrons. The Morgan fingerprint density at radius 1 is 1.19 bits per heavy atom. The van der Waals surface area contributed by atoms with Gasteiger partial charge in [0.15, 0.2) is 4.34 Å². The molecule has 1 nitrogen and oxygen atoms in total. The van der Waals surface area contributed by atoms with Gasteiger partial charge in [-0.25, -0.2) is 4.98 Å². The third-order valence-electron chi connectivity index (χ3n) is 2.19. The number of hydrogen-bond donors (Lipinski definition) is 0. The summed E-state index contributed by atoms with van der Waals surface area (Å²) in [5.41, 5.74) is -4.11. The fraction of sp³-hybridized carbons (Fsp3) is 0.250. The minimum absolute atomic E-state index is 0.0188. The van der Waals surface area contributed by atoms with Gasteiger partial charge in [-0.1, -0.05) is 6.08 Å². The molecule has 9 heteroatoms. The van der Waals surface area contributed by atoms with Crippen LogP contribution >= 0.6 is 34.9 Å². The van der Waals surface area contributed by atoms with Gasteiger partial charge in [-0.2, -0.15) is 22.0 Å². The minimum Gasteiger partial charge on any atom is -0.229 e. The Morgan fingerprint density at radius 2 is 1.90 bits per heavy atom. The number of allylic oxidation sites excluding steroid dienone is 1. The topological polar surface area (TPSA) is 12.9 Å². The molecule has 0 bridgehead atoms. The molecule has 0 saturated heterocycles. The molecular formula is C12H8F5NS3. The summed E-state index contributed by atoms with van der Waals surface area (Å²) in [6.45, 7) is 3.26. The van der Waals surface area contributed by atoms with Crippen molar-refractivity contribution in [2.24, 2.45) is 0 Å². The zero-order valence-corrected chi connectivity index (χ0v) is 12.7. The highest BCUT2D eigenvalue weighted by Crippen LogP contribution is 2.43. The van der Waals surface area contributed by atoms with Gasteiger partial charge >= 0.3 is 10.8 Å². The van der Waals surface area contributed by atoms with Crippen LogP contribution in [-0.2, 0) is 0 Å². The highest BCUT2D eigenvalue weighted by Gasteiger charge is 2.31. The first kappa shape index (κ1) is 16.6. The van der Waals surface area contributed by atoms with Crippen LogP contribution in [0.3, 0.4) is 0 Å². The fourth-order valence-corrected chi connectivity index (χ4v) is 4.12. The van der Waals surface area contributed by atoms with Crippen molar-refractivity contribution in [1.82, 2.24) is 4.98 Å². The number of alkyl halides is 5. The maximum atomic E-state index is 13.4. The van der Waals surface area contributed by atoms with Crippen LogP contribution in [0.5, 0.6) is 0 Å². The van der Waals surface area contributed by atoms with E-state index < -0.39 is 17.2 Å². The maximum absolute atomic E-state index is 13.4. The predicted molar refractivity (Wildman–Crippen MR) is 77.2 cm³/mol. The summed E-state index contributed by atoms with van der Waals surface area (Å²) in [6, 6.07) is 4.01. The number of benzene rings is 1. The van der Waals surface area contributed by atoms with Crippen molar-refractivity contribution < 1.29 is 22.0 Å². The summed E-state index contributed by atoms with van der Waals surface area (Å²) in [7, 11) is 0. The van der Waals surface area contributed by atoms with Gasteiger partial charge in [0.05, 0.1) is 10.2 Å². The molecule has 0 aliphatic rings. The molecule has 2 rings (SSSR count). The van der Waals surface area contributed by atoms with Crippen LogP contribution in [0, 0.1) is 0 Å². The van der Waals surface area contributed by atoms with E-state index in [1.165, 1.54) is 18.2 Å². The quantitative estimate of drug-likeness (QED) is 0.361. The van der Waals surface area contributed by atoms with Crippen molar-refractivity contribution in [1.29, 1.82) is 0 Å². The van der Waals surface area contributed by atoms with E-state index >= 15 is 0 Å². The molecular weight excluding hydrogens is 349 g/mol. The minimum atomic E-state index is -4.39. The third kappa shape index (κ3) is 4.86. The lowest BCUT2D eigenvalue weighted by atomic mass is 10.3. The molecule has 0 saturated carbocycles. The first-order valence-corrected chi connectivity index (χ1v) is 7.97. The molecule has 21 heavy (non-hydrogen) atoms. The highest BCUT2D eigenvalue weighted by atomic mass is 32.2. The molecule has 0 spiro atoms. The van der Waals surface area contributed by atoms with Gasteiger partial charge < -0.3 is 0 Å². The summed E-state index contributed by atoms with van der Waals surface area (Å²) < 4.78 is 64.4. The summed E-state index contributed by atoms with van der Waals surface area (Å²) >= 11 is 1.06. The molecule has 0 aliphatic heterocycles. The molecule has 1 aromatic carbocycles. The summed E-state index contributed by atoms with van der Waals surface area (Å²) in [5.74, 6) is 0. The van der Waals surface area contributed by atoms with Crippen molar-refractivity contribution in [3.63, 3.8) is 0 Å². The van der Waals surface area contributed by atoms with Crippen LogP contribution in [0.4, 0.5) is 22.0 Å². The molecule has 0 amide bonds. The average molecular weight is 357 g/mol. The number of hydrogen-bond acceptors (Lipinski definition) is 4. The molecule has 0 unspecified atom stereocenters. The van der Waals surface area contributed by atoms with Gasteiger partial charge in [0, 0.05) is 11.3 Å². The number of thiazole rings is 1. The Bertz CT molecular complexity index is 650. The van der Waals surface area contributed by atoms with E-state index in [2.05, 4.69) is 11.6 Å².